The van der Waals surface area contributed by atoms with E-state index in [4.69, 9.17) is 5.11 Å². The van der Waals surface area contributed by atoms with Crippen molar-refractivity contribution in [2.24, 2.45) is 0 Å². The highest BCUT2D eigenvalue weighted by Crippen LogP contribution is 2.30. The lowest BCUT2D eigenvalue weighted by molar-refractivity contribution is 0.0697. The second kappa shape index (κ2) is 6.98. The number of nitrogens with one attached hydrogen (secondary N) is 2. The SMILES string of the molecule is N#Cc1c(-c2cccc(C(=O)O)c2)cc(=O)[nH]c1SCc1nn[nH]n1. The average molecular weight is 354 g/mol. The van der Waals surface area contributed by atoms with Crippen molar-refractivity contribution < 1.29 is 9.90 Å². The zero-order valence-corrected chi connectivity index (χ0v) is 13.4. The molecular weight excluding hydrogens is 344 g/mol. The predicted molar refractivity (Wildman–Crippen MR) is 87.9 cm³/mol. The monoisotopic (exact) mass is 354 g/mol. The summed E-state index contributed by atoms with van der Waals surface area (Å²) in [6, 6.07) is 9.42. The van der Waals surface area contributed by atoms with Crippen molar-refractivity contribution in [2.45, 2.75) is 10.8 Å². The van der Waals surface area contributed by atoms with Gasteiger partial charge in [-0.05, 0) is 17.7 Å². The van der Waals surface area contributed by atoms with Gasteiger partial charge in [0.15, 0.2) is 5.82 Å². The lowest BCUT2D eigenvalue weighted by Crippen LogP contribution is -2.09. The van der Waals surface area contributed by atoms with E-state index < -0.39 is 11.5 Å². The van der Waals surface area contributed by atoms with E-state index in [1.54, 1.807) is 12.1 Å². The van der Waals surface area contributed by atoms with Gasteiger partial charge in [0, 0.05) is 11.6 Å². The van der Waals surface area contributed by atoms with Crippen LogP contribution in [0, 0.1) is 11.3 Å². The quantitative estimate of drug-likeness (QED) is 0.582. The Morgan fingerprint density at radius 1 is 1.36 bits per heavy atom. The number of hydrogen-bond donors (Lipinski definition) is 3. The molecule has 3 aromatic rings. The summed E-state index contributed by atoms with van der Waals surface area (Å²) in [6.07, 6.45) is 0. The first-order valence-electron chi connectivity index (χ1n) is 6.94. The van der Waals surface area contributed by atoms with Crippen molar-refractivity contribution in [3.8, 4) is 17.2 Å². The molecule has 0 radical (unpaired) electrons. The molecule has 25 heavy (non-hydrogen) atoms. The van der Waals surface area contributed by atoms with Crippen LogP contribution in [0.25, 0.3) is 11.1 Å². The van der Waals surface area contributed by atoms with E-state index >= 15 is 0 Å². The number of H-pyrrole nitrogens is 2. The van der Waals surface area contributed by atoms with E-state index in [2.05, 4.69) is 31.7 Å². The fraction of sp³-hybridized carbons (Fsp3) is 0.0667. The van der Waals surface area contributed by atoms with Crippen molar-refractivity contribution in [1.82, 2.24) is 25.6 Å². The largest absolute Gasteiger partial charge is 0.478 e. The molecule has 10 heteroatoms. The van der Waals surface area contributed by atoms with E-state index in [0.717, 1.165) is 0 Å². The molecule has 0 fully saturated rings. The molecule has 0 atom stereocenters. The molecule has 0 saturated carbocycles. The number of nitrogens with zero attached hydrogens (tertiary/aromatic N) is 4. The fourth-order valence-corrected chi connectivity index (χ4v) is 3.05. The van der Waals surface area contributed by atoms with Crippen LogP contribution in [0.4, 0.5) is 0 Å². The van der Waals surface area contributed by atoms with Crippen LogP contribution in [0.15, 0.2) is 40.2 Å². The van der Waals surface area contributed by atoms with Gasteiger partial charge in [0.25, 0.3) is 0 Å². The number of hydrogen-bond acceptors (Lipinski definition) is 7. The number of rotatable bonds is 5. The molecule has 0 saturated heterocycles. The van der Waals surface area contributed by atoms with Gasteiger partial charge in [-0.25, -0.2) is 4.79 Å². The molecule has 0 aliphatic heterocycles. The lowest BCUT2D eigenvalue weighted by Gasteiger charge is -2.09. The number of carboxylic acid groups (broad SMARTS) is 1. The second-order valence-electron chi connectivity index (χ2n) is 4.87. The van der Waals surface area contributed by atoms with Crippen LogP contribution in [0.3, 0.4) is 0 Å². The summed E-state index contributed by atoms with van der Waals surface area (Å²) in [5.74, 6) is -0.357. The molecule has 9 nitrogen and oxygen atoms in total. The summed E-state index contributed by atoms with van der Waals surface area (Å²) in [5, 5.41) is 32.4. The van der Waals surface area contributed by atoms with Crippen molar-refractivity contribution in [1.29, 1.82) is 5.26 Å². The zero-order valence-electron chi connectivity index (χ0n) is 12.6. The lowest BCUT2D eigenvalue weighted by atomic mass is 10.0. The van der Waals surface area contributed by atoms with Crippen molar-refractivity contribution in [3.63, 3.8) is 0 Å². The van der Waals surface area contributed by atoms with E-state index in [1.807, 2.05) is 0 Å². The van der Waals surface area contributed by atoms with Gasteiger partial charge in [-0.15, -0.1) is 10.2 Å². The van der Waals surface area contributed by atoms with Gasteiger partial charge in [-0.1, -0.05) is 29.1 Å². The summed E-state index contributed by atoms with van der Waals surface area (Å²) >= 11 is 1.18. The Kier molecular flexibility index (Phi) is 4.58. The number of benzene rings is 1. The van der Waals surface area contributed by atoms with Crippen LogP contribution in [0.1, 0.15) is 21.7 Å². The van der Waals surface area contributed by atoms with Gasteiger partial charge >= 0.3 is 5.97 Å². The molecule has 0 spiro atoms. The zero-order chi connectivity index (χ0) is 17.8. The molecule has 0 amide bonds. The summed E-state index contributed by atoms with van der Waals surface area (Å²) in [7, 11) is 0. The first kappa shape index (κ1) is 16.4. The fourth-order valence-electron chi connectivity index (χ4n) is 2.18. The highest BCUT2D eigenvalue weighted by atomic mass is 32.2. The number of aromatic nitrogens is 5. The second-order valence-corrected chi connectivity index (χ2v) is 5.85. The first-order valence-corrected chi connectivity index (χ1v) is 7.93. The third-order valence-corrected chi connectivity index (χ3v) is 4.27. The maximum absolute atomic E-state index is 12.0. The minimum absolute atomic E-state index is 0.0719. The summed E-state index contributed by atoms with van der Waals surface area (Å²) < 4.78 is 0. The van der Waals surface area contributed by atoms with Crippen LogP contribution >= 0.6 is 11.8 Å². The standard InChI is InChI=1S/C15H10N6O3S/c16-6-11-10(8-2-1-3-9(4-8)15(23)24)5-13(22)17-14(11)25-7-12-18-20-21-19-12/h1-5H,7H2,(H,17,22)(H,23,24)(H,18,19,20,21). The van der Waals surface area contributed by atoms with Crippen molar-refractivity contribution in [3.05, 3.63) is 57.6 Å². The minimum Gasteiger partial charge on any atom is -0.478 e. The normalized spacial score (nSPS) is 10.4. The number of carboxylic acids is 1. The minimum atomic E-state index is -1.09. The Balaban J connectivity index is 2.05. The van der Waals surface area contributed by atoms with Crippen LogP contribution < -0.4 is 5.56 Å². The highest BCUT2D eigenvalue weighted by molar-refractivity contribution is 7.98. The van der Waals surface area contributed by atoms with Gasteiger partial charge in [0.1, 0.15) is 6.07 Å². The number of pyridine rings is 1. The third-order valence-electron chi connectivity index (χ3n) is 3.28. The number of aromatic carboxylic acids is 1. The summed E-state index contributed by atoms with van der Waals surface area (Å²) in [4.78, 5) is 25.8. The predicted octanol–water partition coefficient (Wildman–Crippen LogP) is 1.42. The van der Waals surface area contributed by atoms with Crippen LogP contribution in [-0.4, -0.2) is 36.7 Å². The van der Waals surface area contributed by atoms with Crippen LogP contribution in [-0.2, 0) is 5.75 Å². The number of carbonyl (C=O) groups is 1. The molecule has 124 valence electrons. The van der Waals surface area contributed by atoms with Gasteiger partial charge in [-0.2, -0.15) is 10.5 Å². The van der Waals surface area contributed by atoms with Crippen LogP contribution in [0.5, 0.6) is 0 Å². The molecule has 0 unspecified atom stereocenters. The molecule has 0 aliphatic carbocycles. The van der Waals surface area contributed by atoms with Gasteiger partial charge in [-0.3, -0.25) is 4.79 Å². The molecule has 0 bridgehead atoms. The topological polar surface area (TPSA) is 148 Å². The molecule has 2 aromatic heterocycles. The van der Waals surface area contributed by atoms with Crippen molar-refractivity contribution in [2.75, 3.05) is 0 Å². The summed E-state index contributed by atoms with van der Waals surface area (Å²) in [5.41, 5.74) is 0.762. The maximum Gasteiger partial charge on any atom is 0.335 e. The highest BCUT2D eigenvalue weighted by Gasteiger charge is 2.15. The first-order chi connectivity index (χ1) is 12.1. The van der Waals surface area contributed by atoms with E-state index in [9.17, 15) is 14.9 Å². The van der Waals surface area contributed by atoms with Crippen LogP contribution in [0.2, 0.25) is 0 Å². The Morgan fingerprint density at radius 2 is 2.20 bits per heavy atom. The number of aromatic amines is 2. The molecule has 2 heterocycles. The smallest absolute Gasteiger partial charge is 0.335 e. The summed E-state index contributed by atoms with van der Waals surface area (Å²) in [6.45, 7) is 0. The van der Waals surface area contributed by atoms with Gasteiger partial charge < -0.3 is 10.1 Å². The molecule has 1 aromatic carbocycles. The molecular formula is C15H10N6O3S. The van der Waals surface area contributed by atoms with Crippen molar-refractivity contribution >= 4 is 17.7 Å². The molecule has 3 N–H and O–H groups in total. The number of nitriles is 1. The van der Waals surface area contributed by atoms with Gasteiger partial charge in [0.2, 0.25) is 5.56 Å². The Hall–Kier alpha value is -3.45. The van der Waals surface area contributed by atoms with E-state index in [0.29, 0.717) is 27.7 Å². The van der Waals surface area contributed by atoms with E-state index in [-0.39, 0.29) is 11.1 Å². The maximum atomic E-state index is 12.0. The Morgan fingerprint density at radius 3 is 2.88 bits per heavy atom. The average Bonchev–Trinajstić information content (AvgIpc) is 3.13. The Labute approximate surface area is 144 Å². The van der Waals surface area contributed by atoms with E-state index in [1.165, 1.54) is 30.0 Å². The third kappa shape index (κ3) is 3.56. The van der Waals surface area contributed by atoms with Gasteiger partial charge in [0.05, 0.1) is 21.9 Å². The number of thioether (sulfide) groups is 1. The molecule has 0 aliphatic rings. The molecule has 3 rings (SSSR count). The Bertz CT molecular complexity index is 1020. The number of tetrazole rings is 1.